The lowest BCUT2D eigenvalue weighted by atomic mass is 9.70. The fourth-order valence-corrected chi connectivity index (χ4v) is 2.99. The van der Waals surface area contributed by atoms with E-state index in [-0.39, 0.29) is 11.8 Å². The number of nitrogens with one attached hydrogen (secondary N) is 1. The minimum atomic E-state index is -0.648. The molecule has 0 saturated carbocycles. The number of carbonyl (C=O) groups excluding carboxylic acids is 1. The van der Waals surface area contributed by atoms with Crippen LogP contribution < -0.4 is 5.32 Å². The van der Waals surface area contributed by atoms with Crippen LogP contribution in [0.25, 0.3) is 0 Å². The highest BCUT2D eigenvalue weighted by molar-refractivity contribution is 5.91. The van der Waals surface area contributed by atoms with Gasteiger partial charge in [0.05, 0.1) is 11.5 Å². The molecule has 0 aliphatic heterocycles. The number of para-hydroxylation sites is 1. The van der Waals surface area contributed by atoms with E-state index in [1.807, 2.05) is 75.4 Å². The molecule has 3 nitrogen and oxygen atoms in total. The highest BCUT2D eigenvalue weighted by Crippen LogP contribution is 2.36. The molecule has 0 aliphatic carbocycles. The van der Waals surface area contributed by atoms with Gasteiger partial charge in [-0.05, 0) is 36.5 Å². The van der Waals surface area contributed by atoms with Crippen LogP contribution in [-0.4, -0.2) is 5.91 Å². The molecule has 1 amide bonds. The van der Waals surface area contributed by atoms with Gasteiger partial charge in [0.1, 0.15) is 0 Å². The van der Waals surface area contributed by atoms with E-state index >= 15 is 0 Å². The van der Waals surface area contributed by atoms with Crippen LogP contribution in [0.15, 0.2) is 54.6 Å². The molecule has 24 heavy (non-hydrogen) atoms. The van der Waals surface area contributed by atoms with Crippen molar-refractivity contribution in [1.29, 1.82) is 5.26 Å². The van der Waals surface area contributed by atoms with Crippen molar-refractivity contribution in [2.45, 2.75) is 39.0 Å². The fourth-order valence-electron chi connectivity index (χ4n) is 2.99. The summed E-state index contributed by atoms with van der Waals surface area (Å²) in [6.07, 6.45) is 0.817. The molecule has 0 radical (unpaired) electrons. The predicted molar refractivity (Wildman–Crippen MR) is 97.6 cm³/mol. The van der Waals surface area contributed by atoms with Gasteiger partial charge in [-0.1, -0.05) is 62.4 Å². The Labute approximate surface area is 144 Å². The predicted octanol–water partition coefficient (Wildman–Crippen LogP) is 4.83. The Morgan fingerprint density at radius 3 is 2.33 bits per heavy atom. The number of hydrogen-bond donors (Lipinski definition) is 1. The molecule has 0 aliphatic rings. The van der Waals surface area contributed by atoms with Crippen molar-refractivity contribution in [3.8, 4) is 6.07 Å². The standard InChI is InChI=1S/C21H24N2O/c1-16(2)21(15-22,18-10-5-4-6-11-18)14-13-20(24)23-19-12-8-7-9-17(19)3/h4-12,16H,13-14H2,1-3H3,(H,23,24). The van der Waals surface area contributed by atoms with E-state index < -0.39 is 5.41 Å². The second kappa shape index (κ2) is 7.79. The Bertz CT molecular complexity index is 731. The SMILES string of the molecule is Cc1ccccc1NC(=O)CCC(C#N)(c1ccccc1)C(C)C. The first-order chi connectivity index (χ1) is 11.5. The van der Waals surface area contributed by atoms with Crippen LogP contribution >= 0.6 is 0 Å². The van der Waals surface area contributed by atoms with Crippen molar-refractivity contribution >= 4 is 11.6 Å². The highest BCUT2D eigenvalue weighted by Gasteiger charge is 2.36. The van der Waals surface area contributed by atoms with Crippen molar-refractivity contribution < 1.29 is 4.79 Å². The lowest BCUT2D eigenvalue weighted by molar-refractivity contribution is -0.116. The van der Waals surface area contributed by atoms with Gasteiger partial charge < -0.3 is 5.32 Å². The molecule has 0 heterocycles. The van der Waals surface area contributed by atoms with E-state index in [1.165, 1.54) is 0 Å². The molecule has 0 fully saturated rings. The molecule has 0 spiro atoms. The molecular formula is C21H24N2O. The van der Waals surface area contributed by atoms with Crippen LogP contribution in [0, 0.1) is 24.2 Å². The molecular weight excluding hydrogens is 296 g/mol. The van der Waals surface area contributed by atoms with E-state index in [0.29, 0.717) is 12.8 Å². The number of anilines is 1. The molecule has 124 valence electrons. The van der Waals surface area contributed by atoms with Crippen LogP contribution in [0.1, 0.15) is 37.8 Å². The number of aryl methyl sites for hydroxylation is 1. The quantitative estimate of drug-likeness (QED) is 0.828. The summed E-state index contributed by atoms with van der Waals surface area (Å²) < 4.78 is 0. The zero-order chi connectivity index (χ0) is 17.6. The molecule has 0 saturated heterocycles. The maximum absolute atomic E-state index is 12.4. The molecule has 1 unspecified atom stereocenters. The number of hydrogen-bond acceptors (Lipinski definition) is 2. The first kappa shape index (κ1) is 17.7. The molecule has 2 rings (SSSR count). The van der Waals surface area contributed by atoms with Crippen LogP contribution in [-0.2, 0) is 10.2 Å². The lowest BCUT2D eigenvalue weighted by Crippen LogP contribution is -2.32. The average Bonchev–Trinajstić information content (AvgIpc) is 2.58. The minimum Gasteiger partial charge on any atom is -0.326 e. The zero-order valence-corrected chi connectivity index (χ0v) is 14.5. The Balaban J connectivity index is 2.13. The second-order valence-electron chi connectivity index (χ2n) is 6.47. The van der Waals surface area contributed by atoms with Crippen molar-refractivity contribution in [2.75, 3.05) is 5.32 Å². The van der Waals surface area contributed by atoms with Crippen LogP contribution in [0.5, 0.6) is 0 Å². The molecule has 1 N–H and O–H groups in total. The summed E-state index contributed by atoms with van der Waals surface area (Å²) >= 11 is 0. The molecule has 3 heteroatoms. The van der Waals surface area contributed by atoms with Crippen molar-refractivity contribution in [3.63, 3.8) is 0 Å². The van der Waals surface area contributed by atoms with E-state index in [0.717, 1.165) is 16.8 Å². The number of benzene rings is 2. The zero-order valence-electron chi connectivity index (χ0n) is 14.5. The summed E-state index contributed by atoms with van der Waals surface area (Å²) in [5, 5.41) is 12.8. The van der Waals surface area contributed by atoms with E-state index in [1.54, 1.807) is 0 Å². The van der Waals surface area contributed by atoms with E-state index in [2.05, 4.69) is 11.4 Å². The molecule has 0 aromatic heterocycles. The summed E-state index contributed by atoms with van der Waals surface area (Å²) in [5.74, 6) is 0.0664. The van der Waals surface area contributed by atoms with Gasteiger partial charge in [0.25, 0.3) is 0 Å². The maximum atomic E-state index is 12.4. The Morgan fingerprint density at radius 2 is 1.75 bits per heavy atom. The monoisotopic (exact) mass is 320 g/mol. The molecule has 1 atom stereocenters. The number of nitriles is 1. The number of amides is 1. The normalized spacial score (nSPS) is 13.1. The Morgan fingerprint density at radius 1 is 1.12 bits per heavy atom. The first-order valence-electron chi connectivity index (χ1n) is 8.32. The number of nitrogens with zero attached hydrogens (tertiary/aromatic N) is 1. The van der Waals surface area contributed by atoms with Gasteiger partial charge in [-0.25, -0.2) is 0 Å². The number of carbonyl (C=O) groups is 1. The van der Waals surface area contributed by atoms with Crippen molar-refractivity contribution in [2.24, 2.45) is 5.92 Å². The largest absolute Gasteiger partial charge is 0.326 e. The third-order valence-corrected chi connectivity index (χ3v) is 4.64. The van der Waals surface area contributed by atoms with Crippen LogP contribution in [0.3, 0.4) is 0 Å². The van der Waals surface area contributed by atoms with Gasteiger partial charge >= 0.3 is 0 Å². The third kappa shape index (κ3) is 3.83. The summed E-state index contributed by atoms with van der Waals surface area (Å²) in [6.45, 7) is 6.04. The van der Waals surface area contributed by atoms with Gasteiger partial charge in [0.15, 0.2) is 0 Å². The maximum Gasteiger partial charge on any atom is 0.224 e. The van der Waals surface area contributed by atoms with Crippen LogP contribution in [0.2, 0.25) is 0 Å². The van der Waals surface area contributed by atoms with Gasteiger partial charge in [-0.2, -0.15) is 5.26 Å². The van der Waals surface area contributed by atoms with Crippen molar-refractivity contribution in [1.82, 2.24) is 0 Å². The van der Waals surface area contributed by atoms with Crippen molar-refractivity contribution in [3.05, 3.63) is 65.7 Å². The molecule has 2 aromatic carbocycles. The average molecular weight is 320 g/mol. The molecule has 0 bridgehead atoms. The summed E-state index contributed by atoms with van der Waals surface area (Å²) in [6, 6.07) is 20.0. The second-order valence-corrected chi connectivity index (χ2v) is 6.47. The third-order valence-electron chi connectivity index (χ3n) is 4.64. The first-order valence-corrected chi connectivity index (χ1v) is 8.32. The Hall–Kier alpha value is -2.60. The number of rotatable bonds is 6. The van der Waals surface area contributed by atoms with Crippen LogP contribution in [0.4, 0.5) is 5.69 Å². The summed E-state index contributed by atoms with van der Waals surface area (Å²) in [7, 11) is 0. The Kier molecular flexibility index (Phi) is 5.76. The smallest absolute Gasteiger partial charge is 0.224 e. The summed E-state index contributed by atoms with van der Waals surface area (Å²) in [5.41, 5.74) is 2.19. The van der Waals surface area contributed by atoms with Gasteiger partial charge in [0, 0.05) is 12.1 Å². The minimum absolute atomic E-state index is 0.0551. The molecule has 2 aromatic rings. The highest BCUT2D eigenvalue weighted by atomic mass is 16.1. The lowest BCUT2D eigenvalue weighted by Gasteiger charge is -2.31. The summed E-state index contributed by atoms with van der Waals surface area (Å²) in [4.78, 5) is 12.4. The van der Waals surface area contributed by atoms with E-state index in [9.17, 15) is 10.1 Å². The van der Waals surface area contributed by atoms with Gasteiger partial charge in [-0.3, -0.25) is 4.79 Å². The van der Waals surface area contributed by atoms with Gasteiger partial charge in [0.2, 0.25) is 5.91 Å². The van der Waals surface area contributed by atoms with E-state index in [4.69, 9.17) is 0 Å². The van der Waals surface area contributed by atoms with Gasteiger partial charge in [-0.15, -0.1) is 0 Å². The fraction of sp³-hybridized carbons (Fsp3) is 0.333. The topological polar surface area (TPSA) is 52.9 Å².